The average molecular weight is 208 g/mol. The lowest BCUT2D eigenvalue weighted by Crippen LogP contribution is -2.36. The SMILES string of the molecule is CC(C#N)CN(C)C(=O)C1CCCC1C. The average Bonchev–Trinajstić information content (AvgIpc) is 2.63. The van der Waals surface area contributed by atoms with Gasteiger partial charge >= 0.3 is 0 Å². The first-order valence-electron chi connectivity index (χ1n) is 5.70. The molecule has 0 bridgehead atoms. The molecule has 1 fully saturated rings. The summed E-state index contributed by atoms with van der Waals surface area (Å²) in [6.07, 6.45) is 3.35. The molecule has 3 heteroatoms. The number of carbonyl (C=O) groups excluding carboxylic acids is 1. The van der Waals surface area contributed by atoms with Crippen LogP contribution in [-0.4, -0.2) is 24.4 Å². The van der Waals surface area contributed by atoms with Crippen LogP contribution < -0.4 is 0 Å². The maximum atomic E-state index is 12.0. The molecule has 1 saturated carbocycles. The van der Waals surface area contributed by atoms with Crippen LogP contribution in [0.15, 0.2) is 0 Å². The van der Waals surface area contributed by atoms with E-state index < -0.39 is 0 Å². The maximum absolute atomic E-state index is 12.0. The van der Waals surface area contributed by atoms with Gasteiger partial charge in [0.15, 0.2) is 0 Å². The van der Waals surface area contributed by atoms with Crippen molar-refractivity contribution in [2.75, 3.05) is 13.6 Å². The fraction of sp³-hybridized carbons (Fsp3) is 0.833. The minimum Gasteiger partial charge on any atom is -0.344 e. The lowest BCUT2D eigenvalue weighted by Gasteiger charge is -2.24. The fourth-order valence-electron chi connectivity index (χ4n) is 2.34. The Hall–Kier alpha value is -1.04. The van der Waals surface area contributed by atoms with Crippen molar-refractivity contribution in [2.45, 2.75) is 33.1 Å². The van der Waals surface area contributed by atoms with Gasteiger partial charge in [0.05, 0.1) is 12.0 Å². The molecule has 0 heterocycles. The molecule has 0 spiro atoms. The minimum atomic E-state index is -0.0735. The lowest BCUT2D eigenvalue weighted by atomic mass is 9.96. The molecule has 3 unspecified atom stereocenters. The molecule has 1 rings (SSSR count). The zero-order valence-corrected chi connectivity index (χ0v) is 9.86. The van der Waals surface area contributed by atoms with Gasteiger partial charge in [-0.05, 0) is 25.7 Å². The van der Waals surface area contributed by atoms with Crippen molar-refractivity contribution in [3.63, 3.8) is 0 Å². The molecule has 0 N–H and O–H groups in total. The highest BCUT2D eigenvalue weighted by atomic mass is 16.2. The van der Waals surface area contributed by atoms with Gasteiger partial charge in [0.2, 0.25) is 5.91 Å². The molecule has 3 atom stereocenters. The third-order valence-corrected chi connectivity index (χ3v) is 3.32. The molecule has 1 amide bonds. The van der Waals surface area contributed by atoms with Crippen LogP contribution in [0.3, 0.4) is 0 Å². The van der Waals surface area contributed by atoms with Gasteiger partial charge in [0.25, 0.3) is 0 Å². The predicted octanol–water partition coefficient (Wildman–Crippen LogP) is 2.04. The number of nitrogens with zero attached hydrogens (tertiary/aromatic N) is 2. The zero-order valence-electron chi connectivity index (χ0n) is 9.86. The second-order valence-corrected chi connectivity index (χ2v) is 4.76. The van der Waals surface area contributed by atoms with E-state index in [9.17, 15) is 4.79 Å². The van der Waals surface area contributed by atoms with Crippen LogP contribution in [0.4, 0.5) is 0 Å². The van der Waals surface area contributed by atoms with Gasteiger partial charge in [-0.1, -0.05) is 13.3 Å². The van der Waals surface area contributed by atoms with Gasteiger partial charge in [-0.15, -0.1) is 0 Å². The Labute approximate surface area is 92.1 Å². The highest BCUT2D eigenvalue weighted by Gasteiger charge is 2.31. The van der Waals surface area contributed by atoms with Gasteiger partial charge in [0.1, 0.15) is 0 Å². The third kappa shape index (κ3) is 2.95. The van der Waals surface area contributed by atoms with E-state index >= 15 is 0 Å². The van der Waals surface area contributed by atoms with Crippen molar-refractivity contribution in [2.24, 2.45) is 17.8 Å². The lowest BCUT2D eigenvalue weighted by molar-refractivity contribution is -0.135. The Bertz CT molecular complexity index is 269. The molecule has 0 radical (unpaired) electrons. The fourth-order valence-corrected chi connectivity index (χ4v) is 2.34. The van der Waals surface area contributed by atoms with Gasteiger partial charge in [-0.3, -0.25) is 4.79 Å². The molecular weight excluding hydrogens is 188 g/mol. The summed E-state index contributed by atoms with van der Waals surface area (Å²) in [6.45, 7) is 4.55. The normalized spacial score (nSPS) is 27.1. The number of hydrogen-bond acceptors (Lipinski definition) is 2. The monoisotopic (exact) mass is 208 g/mol. The van der Waals surface area contributed by atoms with E-state index in [4.69, 9.17) is 5.26 Å². The van der Waals surface area contributed by atoms with E-state index in [1.54, 1.807) is 11.9 Å². The summed E-state index contributed by atoms with van der Waals surface area (Å²) in [4.78, 5) is 13.7. The van der Waals surface area contributed by atoms with E-state index in [2.05, 4.69) is 13.0 Å². The number of amides is 1. The Kier molecular flexibility index (Phi) is 4.14. The van der Waals surface area contributed by atoms with Gasteiger partial charge in [-0.2, -0.15) is 5.26 Å². The molecule has 15 heavy (non-hydrogen) atoms. The van der Waals surface area contributed by atoms with E-state index in [1.165, 1.54) is 6.42 Å². The quantitative estimate of drug-likeness (QED) is 0.712. The first kappa shape index (κ1) is 12.0. The number of nitriles is 1. The van der Waals surface area contributed by atoms with Crippen molar-refractivity contribution < 1.29 is 4.79 Å². The summed E-state index contributed by atoms with van der Waals surface area (Å²) >= 11 is 0. The predicted molar refractivity (Wildman–Crippen MR) is 58.9 cm³/mol. The first-order valence-corrected chi connectivity index (χ1v) is 5.70. The molecule has 0 aliphatic heterocycles. The minimum absolute atomic E-state index is 0.0735. The largest absolute Gasteiger partial charge is 0.344 e. The Balaban J connectivity index is 2.49. The molecular formula is C12H20N2O. The van der Waals surface area contributed by atoms with E-state index in [1.807, 2.05) is 6.92 Å². The van der Waals surface area contributed by atoms with Gasteiger partial charge in [-0.25, -0.2) is 0 Å². The van der Waals surface area contributed by atoms with E-state index in [0.717, 1.165) is 12.8 Å². The van der Waals surface area contributed by atoms with Crippen LogP contribution in [0.1, 0.15) is 33.1 Å². The van der Waals surface area contributed by atoms with Crippen LogP contribution in [0, 0.1) is 29.1 Å². The maximum Gasteiger partial charge on any atom is 0.225 e. The van der Waals surface area contributed by atoms with Crippen LogP contribution >= 0.6 is 0 Å². The van der Waals surface area contributed by atoms with Crippen molar-refractivity contribution in [1.82, 2.24) is 4.90 Å². The summed E-state index contributed by atoms with van der Waals surface area (Å²) in [7, 11) is 1.81. The molecule has 0 saturated heterocycles. The van der Waals surface area contributed by atoms with Crippen LogP contribution in [0.25, 0.3) is 0 Å². The standard InChI is InChI=1S/C12H20N2O/c1-9(7-13)8-14(3)12(15)11-6-4-5-10(11)2/h9-11H,4-6,8H2,1-3H3. The van der Waals surface area contributed by atoms with Crippen molar-refractivity contribution in [3.8, 4) is 6.07 Å². The summed E-state index contributed by atoms with van der Waals surface area (Å²) in [5.41, 5.74) is 0. The summed E-state index contributed by atoms with van der Waals surface area (Å²) < 4.78 is 0. The van der Waals surface area contributed by atoms with Crippen LogP contribution in [0.5, 0.6) is 0 Å². The van der Waals surface area contributed by atoms with Gasteiger partial charge in [0, 0.05) is 19.5 Å². The number of carbonyl (C=O) groups is 1. The molecule has 0 aromatic rings. The topological polar surface area (TPSA) is 44.1 Å². The van der Waals surface area contributed by atoms with E-state index in [-0.39, 0.29) is 17.7 Å². The smallest absolute Gasteiger partial charge is 0.225 e. The van der Waals surface area contributed by atoms with E-state index in [0.29, 0.717) is 12.5 Å². The molecule has 0 aromatic carbocycles. The van der Waals surface area contributed by atoms with Crippen LogP contribution in [0.2, 0.25) is 0 Å². The van der Waals surface area contributed by atoms with Crippen molar-refractivity contribution in [3.05, 3.63) is 0 Å². The highest BCUT2D eigenvalue weighted by molar-refractivity contribution is 5.79. The number of hydrogen-bond donors (Lipinski definition) is 0. The second kappa shape index (κ2) is 5.16. The van der Waals surface area contributed by atoms with Crippen molar-refractivity contribution in [1.29, 1.82) is 5.26 Å². The number of rotatable bonds is 3. The van der Waals surface area contributed by atoms with Crippen molar-refractivity contribution >= 4 is 5.91 Å². The summed E-state index contributed by atoms with van der Waals surface area (Å²) in [5.74, 6) is 0.857. The molecule has 3 nitrogen and oxygen atoms in total. The third-order valence-electron chi connectivity index (χ3n) is 3.32. The Morgan fingerprint density at radius 1 is 1.60 bits per heavy atom. The first-order chi connectivity index (χ1) is 7.06. The molecule has 84 valence electrons. The Morgan fingerprint density at radius 2 is 2.27 bits per heavy atom. The molecule has 1 aliphatic carbocycles. The Morgan fingerprint density at radius 3 is 2.73 bits per heavy atom. The summed E-state index contributed by atoms with van der Waals surface area (Å²) in [6, 6.07) is 2.16. The second-order valence-electron chi connectivity index (χ2n) is 4.76. The molecule has 1 aliphatic rings. The highest BCUT2D eigenvalue weighted by Crippen LogP contribution is 2.32. The van der Waals surface area contributed by atoms with Crippen LogP contribution in [-0.2, 0) is 4.79 Å². The van der Waals surface area contributed by atoms with Gasteiger partial charge < -0.3 is 4.90 Å². The summed E-state index contributed by atoms with van der Waals surface area (Å²) in [5, 5.41) is 8.69. The zero-order chi connectivity index (χ0) is 11.4. The molecule has 0 aromatic heterocycles.